The van der Waals surface area contributed by atoms with Gasteiger partial charge < -0.3 is 0 Å². The van der Waals surface area contributed by atoms with Crippen molar-refractivity contribution in [3.63, 3.8) is 0 Å². The fourth-order valence-electron chi connectivity index (χ4n) is 0.773. The van der Waals surface area contributed by atoms with Crippen molar-refractivity contribution in [3.8, 4) is 0 Å². The monoisotopic (exact) mass is 104 g/mol. The maximum atomic E-state index is 3.97. The smallest absolute Gasteiger partial charge is 0.116 e. The fourth-order valence-corrected chi connectivity index (χ4v) is 0.773. The molecule has 0 aromatic carbocycles. The lowest BCUT2D eigenvalue weighted by atomic mass is 10.4. The number of hydrogen-bond donors (Lipinski definition) is 0. The highest BCUT2D eigenvalue weighted by atomic mass is 15.0. The van der Waals surface area contributed by atoms with Gasteiger partial charge in [-0.1, -0.05) is 6.08 Å². The summed E-state index contributed by atoms with van der Waals surface area (Å²) in [6.07, 6.45) is 7.42. The molecule has 0 unspecified atom stereocenters. The first-order chi connectivity index (χ1) is 3.97. The minimum atomic E-state index is 0.991. The van der Waals surface area contributed by atoms with Crippen LogP contribution in [0.15, 0.2) is 33.9 Å². The molecule has 1 aliphatic carbocycles. The summed E-state index contributed by atoms with van der Waals surface area (Å²) in [5, 5.41) is 0. The van der Waals surface area contributed by atoms with Crippen molar-refractivity contribution in [1.82, 2.24) is 0 Å². The summed E-state index contributed by atoms with van der Waals surface area (Å²) < 4.78 is 0. The van der Waals surface area contributed by atoms with Crippen molar-refractivity contribution in [1.29, 1.82) is 0 Å². The first-order valence-electron chi connectivity index (χ1n) is 2.46. The molecule has 2 heteroatoms. The van der Waals surface area contributed by atoms with Gasteiger partial charge >= 0.3 is 0 Å². The van der Waals surface area contributed by atoms with Crippen molar-refractivity contribution >= 4 is 12.1 Å². The van der Waals surface area contributed by atoms with Gasteiger partial charge in [-0.3, -0.25) is 0 Å². The zero-order chi connectivity index (χ0) is 5.40. The van der Waals surface area contributed by atoms with E-state index >= 15 is 0 Å². The molecule has 0 radical (unpaired) electrons. The number of aliphatic imine (C=N–C) groups is 2. The highest BCUT2D eigenvalue weighted by Crippen LogP contribution is 2.12. The molecular formula is C6H4N2. The van der Waals surface area contributed by atoms with E-state index in [0.717, 1.165) is 11.4 Å². The van der Waals surface area contributed by atoms with Gasteiger partial charge in [-0.2, -0.15) is 0 Å². The first-order valence-corrected chi connectivity index (χ1v) is 2.46. The van der Waals surface area contributed by atoms with Crippen LogP contribution in [0.3, 0.4) is 0 Å². The molecule has 0 aromatic rings. The van der Waals surface area contributed by atoms with Crippen molar-refractivity contribution in [3.05, 3.63) is 23.9 Å². The maximum absolute atomic E-state index is 3.97. The van der Waals surface area contributed by atoms with Crippen molar-refractivity contribution in [2.75, 3.05) is 0 Å². The summed E-state index contributed by atoms with van der Waals surface area (Å²) >= 11 is 0. The molecule has 0 saturated carbocycles. The Hall–Kier alpha value is -1.18. The van der Waals surface area contributed by atoms with E-state index < -0.39 is 0 Å². The molecular weight excluding hydrogens is 100 g/mol. The third-order valence-electron chi connectivity index (χ3n) is 1.16. The van der Waals surface area contributed by atoms with E-state index in [9.17, 15) is 0 Å². The third-order valence-corrected chi connectivity index (χ3v) is 1.16. The van der Waals surface area contributed by atoms with Gasteiger partial charge in [-0.25, -0.2) is 9.98 Å². The van der Waals surface area contributed by atoms with Gasteiger partial charge in [0, 0.05) is 0 Å². The molecule has 0 amide bonds. The molecule has 8 heavy (non-hydrogen) atoms. The molecule has 0 fully saturated rings. The zero-order valence-electron chi connectivity index (χ0n) is 4.20. The van der Waals surface area contributed by atoms with Gasteiger partial charge in [0.05, 0.1) is 11.4 Å². The van der Waals surface area contributed by atoms with E-state index in [4.69, 9.17) is 0 Å². The number of fused-ring (bicyclic) bond motifs is 1. The van der Waals surface area contributed by atoms with Gasteiger partial charge in [0.1, 0.15) is 6.34 Å². The van der Waals surface area contributed by atoms with Crippen LogP contribution in [0.2, 0.25) is 0 Å². The topological polar surface area (TPSA) is 24.7 Å². The summed E-state index contributed by atoms with van der Waals surface area (Å²) in [6, 6.07) is 0. The zero-order valence-corrected chi connectivity index (χ0v) is 4.20. The Morgan fingerprint density at radius 3 is 3.25 bits per heavy atom. The summed E-state index contributed by atoms with van der Waals surface area (Å²) in [5.41, 5.74) is 1.98. The molecule has 0 N–H and O–H groups in total. The van der Waals surface area contributed by atoms with E-state index in [0.29, 0.717) is 0 Å². The van der Waals surface area contributed by atoms with Crippen LogP contribution in [0.5, 0.6) is 0 Å². The van der Waals surface area contributed by atoms with E-state index in [1.807, 2.05) is 18.2 Å². The Balaban J connectivity index is 2.59. The predicted molar refractivity (Wildman–Crippen MR) is 33.1 cm³/mol. The molecule has 2 nitrogen and oxygen atoms in total. The lowest BCUT2D eigenvalue weighted by molar-refractivity contribution is 1.54. The summed E-state index contributed by atoms with van der Waals surface area (Å²) in [4.78, 5) is 7.94. The van der Waals surface area contributed by atoms with Crippen molar-refractivity contribution < 1.29 is 0 Å². The first kappa shape index (κ1) is 3.78. The molecule has 0 atom stereocenters. The molecule has 1 aliphatic heterocycles. The van der Waals surface area contributed by atoms with Crippen LogP contribution in [-0.4, -0.2) is 12.1 Å². The van der Waals surface area contributed by atoms with E-state index in [2.05, 4.69) is 9.98 Å². The van der Waals surface area contributed by atoms with Crippen LogP contribution in [0.1, 0.15) is 0 Å². The Morgan fingerprint density at radius 2 is 2.38 bits per heavy atom. The van der Waals surface area contributed by atoms with Crippen LogP contribution in [0.25, 0.3) is 0 Å². The van der Waals surface area contributed by atoms with Gasteiger partial charge in [0.25, 0.3) is 0 Å². The highest BCUT2D eigenvalue weighted by molar-refractivity contribution is 6.16. The predicted octanol–water partition coefficient (Wildman–Crippen LogP) is 0.923. The molecule has 2 aliphatic rings. The summed E-state index contributed by atoms with van der Waals surface area (Å²) in [5.74, 6) is 0. The van der Waals surface area contributed by atoms with Crippen molar-refractivity contribution in [2.45, 2.75) is 0 Å². The second kappa shape index (κ2) is 1.15. The fraction of sp³-hybridized carbons (Fsp3) is 0. The summed E-state index contributed by atoms with van der Waals surface area (Å²) in [7, 11) is 0. The highest BCUT2D eigenvalue weighted by Gasteiger charge is 2.08. The molecule has 0 spiro atoms. The van der Waals surface area contributed by atoms with E-state index in [1.54, 1.807) is 6.34 Å². The Morgan fingerprint density at radius 1 is 1.38 bits per heavy atom. The molecule has 2 rings (SSSR count). The van der Waals surface area contributed by atoms with Gasteiger partial charge in [0.15, 0.2) is 0 Å². The number of nitrogens with zero attached hydrogens (tertiary/aromatic N) is 2. The summed E-state index contributed by atoms with van der Waals surface area (Å²) in [6.45, 7) is 0. The number of hydrogen-bond acceptors (Lipinski definition) is 2. The number of rotatable bonds is 0. The van der Waals surface area contributed by atoms with E-state index in [-0.39, 0.29) is 0 Å². The van der Waals surface area contributed by atoms with Crippen molar-refractivity contribution in [2.24, 2.45) is 9.98 Å². The van der Waals surface area contributed by atoms with Gasteiger partial charge in [-0.05, 0) is 12.2 Å². The molecule has 1 heterocycles. The number of allylic oxidation sites excluding steroid dienone is 3. The third kappa shape index (κ3) is 0.320. The van der Waals surface area contributed by atoms with Gasteiger partial charge in [-0.15, -0.1) is 0 Å². The van der Waals surface area contributed by atoms with Crippen LogP contribution >= 0.6 is 0 Å². The molecule has 0 aromatic heterocycles. The normalized spacial score (nSPS) is 21.0. The minimum Gasteiger partial charge on any atom is -0.235 e. The second-order valence-corrected chi connectivity index (χ2v) is 1.67. The van der Waals surface area contributed by atoms with E-state index in [1.165, 1.54) is 0 Å². The minimum absolute atomic E-state index is 0.991. The lowest BCUT2D eigenvalue weighted by Gasteiger charge is -1.81. The molecule has 0 saturated heterocycles. The second-order valence-electron chi connectivity index (χ2n) is 1.67. The standard InChI is InChI=1S/C6H4N2/c1-2-5-6(3-1)8-4-7-5/h1-4H. The quantitative estimate of drug-likeness (QED) is 0.436. The van der Waals surface area contributed by atoms with Crippen LogP contribution in [0.4, 0.5) is 0 Å². The average molecular weight is 104 g/mol. The van der Waals surface area contributed by atoms with Crippen LogP contribution < -0.4 is 0 Å². The lowest BCUT2D eigenvalue weighted by Crippen LogP contribution is -1.84. The molecule has 38 valence electrons. The van der Waals surface area contributed by atoms with Gasteiger partial charge in [0.2, 0.25) is 0 Å². The largest absolute Gasteiger partial charge is 0.235 e. The Labute approximate surface area is 47.0 Å². The Kier molecular flexibility index (Phi) is 0.545. The maximum Gasteiger partial charge on any atom is 0.116 e. The van der Waals surface area contributed by atoms with Crippen LogP contribution in [0, 0.1) is 0 Å². The average Bonchev–Trinajstić information content (AvgIpc) is 2.15. The Bertz CT molecular complexity index is 205. The van der Waals surface area contributed by atoms with Crippen LogP contribution in [-0.2, 0) is 0 Å². The molecule has 0 bridgehead atoms. The SMILES string of the molecule is C1=CC2=NC=NC2=C1.